The van der Waals surface area contributed by atoms with E-state index in [-0.39, 0.29) is 18.3 Å². The molecule has 20 heavy (non-hydrogen) atoms. The third-order valence-electron chi connectivity index (χ3n) is 3.00. The van der Waals surface area contributed by atoms with Crippen LogP contribution >= 0.6 is 0 Å². The number of carbonyl (C=O) groups excluding carboxylic acids is 1. The van der Waals surface area contributed by atoms with Crippen LogP contribution in [0, 0.1) is 5.82 Å². The van der Waals surface area contributed by atoms with Crippen LogP contribution < -0.4 is 16.4 Å². The van der Waals surface area contributed by atoms with Gasteiger partial charge >= 0.3 is 0 Å². The van der Waals surface area contributed by atoms with Crippen LogP contribution in [-0.4, -0.2) is 29.5 Å². The molecule has 1 saturated carbocycles. The van der Waals surface area contributed by atoms with E-state index in [1.165, 1.54) is 18.2 Å². The van der Waals surface area contributed by atoms with Gasteiger partial charge in [-0.25, -0.2) is 4.39 Å². The lowest BCUT2D eigenvalue weighted by atomic mass is 10.1. The van der Waals surface area contributed by atoms with E-state index in [1.807, 2.05) is 0 Å². The summed E-state index contributed by atoms with van der Waals surface area (Å²) < 4.78 is 13.2. The molecule has 7 heteroatoms. The fourth-order valence-electron chi connectivity index (χ4n) is 1.81. The lowest BCUT2D eigenvalue weighted by Crippen LogP contribution is -2.35. The number of benzene rings is 1. The molecule has 0 spiro atoms. The predicted octanol–water partition coefficient (Wildman–Crippen LogP) is 0.288. The number of rotatable bonds is 6. The highest BCUT2D eigenvalue weighted by Crippen LogP contribution is 2.18. The Balaban J connectivity index is 1.92. The fraction of sp³-hybridized carbons (Fsp3) is 0.385. The van der Waals surface area contributed by atoms with Gasteiger partial charge in [0, 0.05) is 18.2 Å². The summed E-state index contributed by atoms with van der Waals surface area (Å²) in [5, 5.41) is 17.3. The SMILES string of the molecule is NC(=NO)c1cc(F)ccc1CNCC(=O)NC1CC1. The van der Waals surface area contributed by atoms with Crippen molar-refractivity contribution in [2.45, 2.75) is 25.4 Å². The Hall–Kier alpha value is -2.15. The number of hydrogen-bond acceptors (Lipinski definition) is 4. The van der Waals surface area contributed by atoms with Gasteiger partial charge in [-0.3, -0.25) is 4.79 Å². The van der Waals surface area contributed by atoms with Crippen LogP contribution in [0.3, 0.4) is 0 Å². The van der Waals surface area contributed by atoms with Crippen LogP contribution in [-0.2, 0) is 11.3 Å². The van der Waals surface area contributed by atoms with Crippen molar-refractivity contribution in [3.05, 3.63) is 35.1 Å². The summed E-state index contributed by atoms with van der Waals surface area (Å²) in [4.78, 5) is 11.5. The van der Waals surface area contributed by atoms with Gasteiger partial charge in [-0.2, -0.15) is 0 Å². The standard InChI is InChI=1S/C13H17FN4O2/c14-9-2-1-8(11(5-9)13(15)18-20)6-16-7-12(19)17-10-3-4-10/h1-2,5,10,16,20H,3-4,6-7H2,(H2,15,18)(H,17,19). The minimum Gasteiger partial charge on any atom is -0.409 e. The van der Waals surface area contributed by atoms with E-state index < -0.39 is 5.82 Å². The van der Waals surface area contributed by atoms with Gasteiger partial charge in [0.1, 0.15) is 5.82 Å². The Morgan fingerprint density at radius 3 is 2.90 bits per heavy atom. The minimum absolute atomic E-state index is 0.0695. The van der Waals surface area contributed by atoms with Crippen molar-refractivity contribution in [1.29, 1.82) is 0 Å². The first kappa shape index (κ1) is 14.3. The molecule has 1 amide bonds. The van der Waals surface area contributed by atoms with Crippen molar-refractivity contribution < 1.29 is 14.4 Å². The highest BCUT2D eigenvalue weighted by molar-refractivity contribution is 5.98. The molecule has 0 aromatic heterocycles. The maximum Gasteiger partial charge on any atom is 0.234 e. The topological polar surface area (TPSA) is 99.7 Å². The lowest BCUT2D eigenvalue weighted by molar-refractivity contribution is -0.120. The second-order valence-corrected chi connectivity index (χ2v) is 4.73. The second kappa shape index (κ2) is 6.33. The van der Waals surface area contributed by atoms with E-state index >= 15 is 0 Å². The Bertz CT molecular complexity index is 529. The fourth-order valence-corrected chi connectivity index (χ4v) is 1.81. The van der Waals surface area contributed by atoms with Crippen molar-refractivity contribution in [2.24, 2.45) is 10.9 Å². The molecular weight excluding hydrogens is 263 g/mol. The molecule has 0 bridgehead atoms. The maximum atomic E-state index is 13.2. The average molecular weight is 280 g/mol. The van der Waals surface area contributed by atoms with Crippen LogP contribution in [0.25, 0.3) is 0 Å². The molecule has 6 nitrogen and oxygen atoms in total. The summed E-state index contributed by atoms with van der Waals surface area (Å²) >= 11 is 0. The lowest BCUT2D eigenvalue weighted by Gasteiger charge is -2.10. The summed E-state index contributed by atoms with van der Waals surface area (Å²) in [5.41, 5.74) is 6.46. The number of amidine groups is 1. The van der Waals surface area contributed by atoms with Crippen molar-refractivity contribution in [3.63, 3.8) is 0 Å². The number of oxime groups is 1. The molecule has 108 valence electrons. The molecule has 0 aliphatic heterocycles. The van der Waals surface area contributed by atoms with E-state index in [4.69, 9.17) is 10.9 Å². The Morgan fingerprint density at radius 1 is 1.50 bits per heavy atom. The highest BCUT2D eigenvalue weighted by Gasteiger charge is 2.22. The molecular formula is C13H17FN4O2. The van der Waals surface area contributed by atoms with Crippen molar-refractivity contribution in [1.82, 2.24) is 10.6 Å². The molecule has 0 unspecified atom stereocenters. The third kappa shape index (κ3) is 3.92. The Morgan fingerprint density at radius 2 is 2.25 bits per heavy atom. The summed E-state index contributed by atoms with van der Waals surface area (Å²) in [7, 11) is 0. The molecule has 0 atom stereocenters. The van der Waals surface area contributed by atoms with Gasteiger partial charge in [-0.1, -0.05) is 11.2 Å². The molecule has 5 N–H and O–H groups in total. The van der Waals surface area contributed by atoms with E-state index in [1.54, 1.807) is 0 Å². The average Bonchev–Trinajstić information content (AvgIpc) is 3.23. The second-order valence-electron chi connectivity index (χ2n) is 4.73. The van der Waals surface area contributed by atoms with E-state index in [0.29, 0.717) is 23.7 Å². The van der Waals surface area contributed by atoms with Crippen molar-refractivity contribution >= 4 is 11.7 Å². The van der Waals surface area contributed by atoms with Gasteiger partial charge in [0.2, 0.25) is 5.91 Å². The van der Waals surface area contributed by atoms with Gasteiger partial charge in [0.15, 0.2) is 5.84 Å². The number of nitrogens with one attached hydrogen (secondary N) is 2. The first-order valence-electron chi connectivity index (χ1n) is 6.36. The van der Waals surface area contributed by atoms with Gasteiger partial charge in [-0.05, 0) is 30.5 Å². The third-order valence-corrected chi connectivity index (χ3v) is 3.00. The highest BCUT2D eigenvalue weighted by atomic mass is 19.1. The zero-order valence-electron chi connectivity index (χ0n) is 10.9. The molecule has 1 aromatic rings. The van der Waals surface area contributed by atoms with E-state index in [9.17, 15) is 9.18 Å². The summed E-state index contributed by atoms with van der Waals surface area (Å²) in [6.07, 6.45) is 2.08. The van der Waals surface area contributed by atoms with Crippen LogP contribution in [0.4, 0.5) is 4.39 Å². The largest absolute Gasteiger partial charge is 0.409 e. The van der Waals surface area contributed by atoms with Crippen LogP contribution in [0.5, 0.6) is 0 Å². The molecule has 0 heterocycles. The van der Waals surface area contributed by atoms with Crippen LogP contribution in [0.15, 0.2) is 23.4 Å². The number of halogens is 1. The first-order valence-corrected chi connectivity index (χ1v) is 6.36. The number of amides is 1. The summed E-state index contributed by atoms with van der Waals surface area (Å²) in [5.74, 6) is -0.703. The van der Waals surface area contributed by atoms with Gasteiger partial charge in [-0.15, -0.1) is 0 Å². The Kier molecular flexibility index (Phi) is 4.52. The molecule has 1 aliphatic carbocycles. The molecule has 0 radical (unpaired) electrons. The van der Waals surface area contributed by atoms with Crippen LogP contribution in [0.1, 0.15) is 24.0 Å². The Labute approximate surface area is 115 Å². The van der Waals surface area contributed by atoms with E-state index in [2.05, 4.69) is 15.8 Å². The number of hydrogen-bond donors (Lipinski definition) is 4. The zero-order valence-corrected chi connectivity index (χ0v) is 10.9. The van der Waals surface area contributed by atoms with Gasteiger partial charge in [0.05, 0.1) is 6.54 Å². The van der Waals surface area contributed by atoms with Gasteiger partial charge in [0.25, 0.3) is 0 Å². The van der Waals surface area contributed by atoms with Gasteiger partial charge < -0.3 is 21.6 Å². The number of nitrogens with zero attached hydrogens (tertiary/aromatic N) is 1. The zero-order chi connectivity index (χ0) is 14.5. The predicted molar refractivity (Wildman–Crippen MR) is 71.8 cm³/mol. The summed E-state index contributed by atoms with van der Waals surface area (Å²) in [6.45, 7) is 0.493. The van der Waals surface area contributed by atoms with Crippen LogP contribution in [0.2, 0.25) is 0 Å². The van der Waals surface area contributed by atoms with Crippen molar-refractivity contribution in [2.75, 3.05) is 6.54 Å². The van der Waals surface area contributed by atoms with Crippen molar-refractivity contribution in [3.8, 4) is 0 Å². The molecule has 2 rings (SSSR count). The molecule has 0 saturated heterocycles. The number of nitrogens with two attached hydrogens (primary N) is 1. The minimum atomic E-state index is -0.471. The monoisotopic (exact) mass is 280 g/mol. The first-order chi connectivity index (χ1) is 9.60. The summed E-state index contributed by atoms with van der Waals surface area (Å²) in [6, 6.07) is 4.34. The normalized spacial score (nSPS) is 15.2. The quantitative estimate of drug-likeness (QED) is 0.260. The maximum absolute atomic E-state index is 13.2. The molecule has 1 aromatic carbocycles. The smallest absolute Gasteiger partial charge is 0.234 e. The molecule has 1 fully saturated rings. The van der Waals surface area contributed by atoms with E-state index in [0.717, 1.165) is 12.8 Å². The molecule has 1 aliphatic rings. The number of carbonyl (C=O) groups is 1.